The Morgan fingerprint density at radius 2 is 2.00 bits per heavy atom. The largest absolute Gasteiger partial charge is 0.493 e. The van der Waals surface area contributed by atoms with Crippen LogP contribution >= 0.6 is 0 Å². The number of carbonyl (C=O) groups is 2. The molecule has 0 amide bonds. The summed E-state index contributed by atoms with van der Waals surface area (Å²) in [6.45, 7) is 1.85. The average Bonchev–Trinajstić information content (AvgIpc) is 2.28. The van der Waals surface area contributed by atoms with Gasteiger partial charge >= 0.3 is 0 Å². The number of halogens is 2. The van der Waals surface area contributed by atoms with E-state index in [2.05, 4.69) is 0 Å². The summed E-state index contributed by atoms with van der Waals surface area (Å²) in [5, 5.41) is 0. The summed E-state index contributed by atoms with van der Waals surface area (Å²) in [4.78, 5) is 21.3. The summed E-state index contributed by atoms with van der Waals surface area (Å²) in [5.41, 5.74) is -0.897. The lowest BCUT2D eigenvalue weighted by atomic mass is 10.0. The Morgan fingerprint density at radius 1 is 1.31 bits per heavy atom. The first kappa shape index (κ1) is 12.3. The maximum Gasteiger partial charge on any atom is 0.268 e. The van der Waals surface area contributed by atoms with E-state index in [1.807, 2.05) is 0 Å². The van der Waals surface area contributed by atoms with Gasteiger partial charge in [-0.1, -0.05) is 0 Å². The van der Waals surface area contributed by atoms with Crippen LogP contribution in [0.2, 0.25) is 0 Å². The molecule has 0 aliphatic rings. The van der Waals surface area contributed by atoms with Gasteiger partial charge in [0, 0.05) is 11.1 Å². The molecule has 0 aromatic heterocycles. The Hall–Kier alpha value is -1.78. The lowest BCUT2D eigenvalue weighted by Gasteiger charge is -2.12. The van der Waals surface area contributed by atoms with Crippen LogP contribution in [0.15, 0.2) is 12.1 Å². The van der Waals surface area contributed by atoms with Gasteiger partial charge in [-0.05, 0) is 19.1 Å². The number of ether oxygens (including phenoxy) is 1. The molecule has 0 fully saturated rings. The lowest BCUT2D eigenvalue weighted by molar-refractivity contribution is 0.108. The molecule has 0 bridgehead atoms. The molecule has 0 saturated carbocycles. The van der Waals surface area contributed by atoms with Crippen LogP contribution in [-0.4, -0.2) is 19.2 Å². The first-order valence-electron chi connectivity index (χ1n) is 4.63. The highest BCUT2D eigenvalue weighted by atomic mass is 19.3. The maximum atomic E-state index is 12.8. The summed E-state index contributed by atoms with van der Waals surface area (Å²) < 4.78 is 30.5. The number of carbonyl (C=O) groups excluding carboxylic acids is 2. The Morgan fingerprint density at radius 3 is 2.44 bits per heavy atom. The number of rotatable bonds is 5. The van der Waals surface area contributed by atoms with Crippen LogP contribution in [0.3, 0.4) is 0 Å². The topological polar surface area (TPSA) is 43.4 Å². The second kappa shape index (κ2) is 5.34. The zero-order chi connectivity index (χ0) is 12.1. The van der Waals surface area contributed by atoms with Gasteiger partial charge in [0.15, 0.2) is 12.6 Å². The number of benzene rings is 1. The van der Waals surface area contributed by atoms with E-state index in [-0.39, 0.29) is 29.8 Å². The van der Waals surface area contributed by atoms with Gasteiger partial charge in [0.25, 0.3) is 6.43 Å². The summed E-state index contributed by atoms with van der Waals surface area (Å²) in [6.07, 6.45) is -2.25. The van der Waals surface area contributed by atoms with Crippen molar-refractivity contribution < 1.29 is 23.1 Å². The molecule has 0 spiro atoms. The molecule has 0 heterocycles. The zero-order valence-corrected chi connectivity index (χ0v) is 8.57. The van der Waals surface area contributed by atoms with E-state index in [9.17, 15) is 18.4 Å². The number of hydrogen-bond acceptors (Lipinski definition) is 3. The van der Waals surface area contributed by atoms with Crippen molar-refractivity contribution in [3.8, 4) is 5.75 Å². The third-order valence-electron chi connectivity index (χ3n) is 2.04. The molecule has 0 unspecified atom stereocenters. The Labute approximate surface area is 91.0 Å². The molecule has 0 atom stereocenters. The highest BCUT2D eigenvalue weighted by Gasteiger charge is 2.21. The second-order valence-electron chi connectivity index (χ2n) is 2.95. The third-order valence-corrected chi connectivity index (χ3v) is 2.04. The van der Waals surface area contributed by atoms with Crippen molar-refractivity contribution in [3.05, 3.63) is 28.8 Å². The van der Waals surface area contributed by atoms with E-state index in [4.69, 9.17) is 4.74 Å². The molecule has 3 nitrogen and oxygen atoms in total. The molecule has 1 aromatic rings. The van der Waals surface area contributed by atoms with Gasteiger partial charge in [0.05, 0.1) is 12.2 Å². The van der Waals surface area contributed by atoms with Gasteiger partial charge in [-0.2, -0.15) is 0 Å². The van der Waals surface area contributed by atoms with Crippen molar-refractivity contribution in [3.63, 3.8) is 0 Å². The molecule has 16 heavy (non-hydrogen) atoms. The summed E-state index contributed by atoms with van der Waals surface area (Å²) >= 11 is 0. The van der Waals surface area contributed by atoms with Crippen LogP contribution in [0.25, 0.3) is 0 Å². The molecular weight excluding hydrogens is 218 g/mol. The van der Waals surface area contributed by atoms with Crippen LogP contribution in [0.4, 0.5) is 8.78 Å². The Kier molecular flexibility index (Phi) is 4.10. The van der Waals surface area contributed by atoms with Crippen molar-refractivity contribution in [2.45, 2.75) is 13.3 Å². The van der Waals surface area contributed by atoms with Crippen molar-refractivity contribution in [2.24, 2.45) is 0 Å². The number of aldehydes is 2. The second-order valence-corrected chi connectivity index (χ2v) is 2.95. The fourth-order valence-electron chi connectivity index (χ4n) is 1.37. The minimum absolute atomic E-state index is 0.0613. The van der Waals surface area contributed by atoms with E-state index in [0.717, 1.165) is 0 Å². The monoisotopic (exact) mass is 228 g/mol. The standard InChI is InChI=1S/C11H10F2O3/c1-2-16-9-4-3-7(5-14)8(6-15)10(9)11(12)13/h3-6,11H,2H2,1H3. The molecule has 1 rings (SSSR count). The van der Waals surface area contributed by atoms with E-state index in [1.54, 1.807) is 6.92 Å². The van der Waals surface area contributed by atoms with E-state index in [1.165, 1.54) is 12.1 Å². The Bertz CT molecular complexity index is 402. The van der Waals surface area contributed by atoms with Crippen LogP contribution in [-0.2, 0) is 0 Å². The predicted octanol–water partition coefficient (Wildman–Crippen LogP) is 2.65. The quantitative estimate of drug-likeness (QED) is 0.727. The van der Waals surface area contributed by atoms with Crippen molar-refractivity contribution in [1.82, 2.24) is 0 Å². The van der Waals surface area contributed by atoms with Gasteiger partial charge in [-0.25, -0.2) is 8.78 Å². The molecule has 5 heteroatoms. The molecule has 86 valence electrons. The highest BCUT2D eigenvalue weighted by molar-refractivity contribution is 5.92. The summed E-state index contributed by atoms with van der Waals surface area (Å²) in [5.74, 6) is -0.0646. The van der Waals surface area contributed by atoms with E-state index in [0.29, 0.717) is 6.29 Å². The Balaban J connectivity index is 3.43. The fourth-order valence-corrected chi connectivity index (χ4v) is 1.37. The SMILES string of the molecule is CCOc1ccc(C=O)c(C=O)c1C(F)F. The molecule has 0 saturated heterocycles. The van der Waals surface area contributed by atoms with Crippen LogP contribution < -0.4 is 4.74 Å². The summed E-state index contributed by atoms with van der Waals surface area (Å²) in [6, 6.07) is 2.55. The molecule has 0 aliphatic carbocycles. The van der Waals surface area contributed by atoms with Crippen molar-refractivity contribution in [1.29, 1.82) is 0 Å². The predicted molar refractivity (Wildman–Crippen MR) is 53.3 cm³/mol. The minimum atomic E-state index is -2.86. The summed E-state index contributed by atoms with van der Waals surface area (Å²) in [7, 11) is 0. The fraction of sp³-hybridized carbons (Fsp3) is 0.273. The molecule has 0 N–H and O–H groups in total. The van der Waals surface area contributed by atoms with Crippen LogP contribution in [0.1, 0.15) is 39.6 Å². The normalized spacial score (nSPS) is 10.2. The van der Waals surface area contributed by atoms with E-state index >= 15 is 0 Å². The smallest absolute Gasteiger partial charge is 0.268 e. The lowest BCUT2D eigenvalue weighted by Crippen LogP contribution is -2.04. The van der Waals surface area contributed by atoms with Crippen molar-refractivity contribution in [2.75, 3.05) is 6.61 Å². The van der Waals surface area contributed by atoms with Crippen LogP contribution in [0, 0.1) is 0 Å². The molecular formula is C11H10F2O3. The first-order valence-corrected chi connectivity index (χ1v) is 4.63. The zero-order valence-electron chi connectivity index (χ0n) is 8.57. The minimum Gasteiger partial charge on any atom is -0.493 e. The van der Waals surface area contributed by atoms with E-state index < -0.39 is 12.0 Å². The van der Waals surface area contributed by atoms with Gasteiger partial charge in [0.1, 0.15) is 5.75 Å². The van der Waals surface area contributed by atoms with Gasteiger partial charge < -0.3 is 4.74 Å². The highest BCUT2D eigenvalue weighted by Crippen LogP contribution is 2.33. The maximum absolute atomic E-state index is 12.8. The first-order chi connectivity index (χ1) is 7.65. The number of hydrogen-bond donors (Lipinski definition) is 0. The van der Waals surface area contributed by atoms with Gasteiger partial charge in [-0.3, -0.25) is 9.59 Å². The molecule has 1 aromatic carbocycles. The average molecular weight is 228 g/mol. The number of alkyl halides is 2. The molecule has 0 radical (unpaired) electrons. The third kappa shape index (κ3) is 2.24. The van der Waals surface area contributed by atoms with Crippen molar-refractivity contribution >= 4 is 12.6 Å². The molecule has 0 aliphatic heterocycles. The van der Waals surface area contributed by atoms with Gasteiger partial charge in [-0.15, -0.1) is 0 Å². The van der Waals surface area contributed by atoms with Gasteiger partial charge in [0.2, 0.25) is 0 Å². The van der Waals surface area contributed by atoms with Crippen LogP contribution in [0.5, 0.6) is 5.75 Å².